The molecule has 0 aliphatic heterocycles. The Hall–Kier alpha value is -2.39. The number of H-pyrrole nitrogens is 1. The van der Waals surface area contributed by atoms with Crippen LogP contribution in [0.25, 0.3) is 5.57 Å². The number of alkyl halides is 3. The molecule has 5 nitrogen and oxygen atoms in total. The second-order valence-corrected chi connectivity index (χ2v) is 10.8. The third kappa shape index (κ3) is 4.83. The number of hydrogen-bond donors (Lipinski definition) is 2. The fourth-order valence-corrected chi connectivity index (χ4v) is 5.75. The zero-order chi connectivity index (χ0) is 23.1. The quantitative estimate of drug-likeness (QED) is 0.686. The third-order valence-corrected chi connectivity index (χ3v) is 8.38. The molecule has 2 aliphatic carbocycles. The number of aliphatic hydroxyl groups excluding tert-OH is 1. The van der Waals surface area contributed by atoms with Gasteiger partial charge in [-0.25, -0.2) is 8.42 Å². The molecular weight excluding hydrogens is 443 g/mol. The summed E-state index contributed by atoms with van der Waals surface area (Å²) in [6, 6.07) is 8.23. The Kier molecular flexibility index (Phi) is 6.06. The summed E-state index contributed by atoms with van der Waals surface area (Å²) < 4.78 is 64.0. The van der Waals surface area contributed by atoms with Gasteiger partial charge in [0.05, 0.1) is 16.2 Å². The summed E-state index contributed by atoms with van der Waals surface area (Å²) in [5.74, 6) is 0.0778. The highest BCUT2D eigenvalue weighted by Crippen LogP contribution is 2.35. The first-order chi connectivity index (χ1) is 15.1. The lowest BCUT2D eigenvalue weighted by atomic mass is 9.85. The van der Waals surface area contributed by atoms with Crippen LogP contribution in [0.4, 0.5) is 13.2 Å². The number of rotatable bonds is 5. The molecule has 0 saturated heterocycles. The average Bonchev–Trinajstić information content (AvgIpc) is 3.58. The van der Waals surface area contributed by atoms with E-state index in [0.29, 0.717) is 49.7 Å². The number of nitrogens with one attached hydrogen (secondary N) is 1. The molecule has 0 bridgehead atoms. The van der Waals surface area contributed by atoms with Crippen LogP contribution in [0.1, 0.15) is 55.3 Å². The molecule has 2 aliphatic rings. The molecule has 2 saturated carbocycles. The van der Waals surface area contributed by atoms with Crippen LogP contribution in [-0.4, -0.2) is 29.9 Å². The van der Waals surface area contributed by atoms with Gasteiger partial charge in [-0.3, -0.25) is 4.79 Å². The fraction of sp³-hybridized carbons (Fsp3) is 0.435. The van der Waals surface area contributed by atoms with Crippen molar-refractivity contribution in [2.45, 2.75) is 61.0 Å². The molecule has 9 heteroatoms. The maximum Gasteiger partial charge on any atom is 0.421 e. The summed E-state index contributed by atoms with van der Waals surface area (Å²) in [4.78, 5) is 14.7. The topological polar surface area (TPSA) is 87.2 Å². The summed E-state index contributed by atoms with van der Waals surface area (Å²) in [5, 5.41) is 9.42. The molecule has 0 amide bonds. The predicted molar refractivity (Wildman–Crippen MR) is 114 cm³/mol. The molecule has 172 valence electrons. The minimum absolute atomic E-state index is 0.0778. The summed E-state index contributed by atoms with van der Waals surface area (Å²) in [6.45, 7) is 0. The van der Waals surface area contributed by atoms with Crippen molar-refractivity contribution >= 4 is 15.4 Å². The van der Waals surface area contributed by atoms with E-state index >= 15 is 0 Å². The van der Waals surface area contributed by atoms with Crippen molar-refractivity contribution < 1.29 is 26.7 Å². The third-order valence-electron chi connectivity index (χ3n) is 6.11. The van der Waals surface area contributed by atoms with E-state index < -0.39 is 27.1 Å². The Labute approximate surface area is 183 Å². The van der Waals surface area contributed by atoms with E-state index in [0.717, 1.165) is 6.07 Å². The maximum absolute atomic E-state index is 13.0. The lowest BCUT2D eigenvalue weighted by molar-refractivity contribution is -0.138. The van der Waals surface area contributed by atoms with E-state index in [-0.39, 0.29) is 27.9 Å². The van der Waals surface area contributed by atoms with Crippen molar-refractivity contribution in [3.05, 3.63) is 69.6 Å². The Morgan fingerprint density at radius 3 is 2.12 bits per heavy atom. The monoisotopic (exact) mass is 467 g/mol. The van der Waals surface area contributed by atoms with Gasteiger partial charge in [-0.15, -0.1) is 0 Å². The van der Waals surface area contributed by atoms with E-state index in [1.165, 1.54) is 18.2 Å². The van der Waals surface area contributed by atoms with Gasteiger partial charge in [0.2, 0.25) is 0 Å². The van der Waals surface area contributed by atoms with E-state index in [9.17, 15) is 31.5 Å². The number of aromatic amines is 1. The smallest absolute Gasteiger partial charge is 0.393 e. The highest BCUT2D eigenvalue weighted by atomic mass is 32.2. The van der Waals surface area contributed by atoms with Crippen molar-refractivity contribution in [3.8, 4) is 0 Å². The molecule has 4 rings (SSSR count). The fourth-order valence-electron chi connectivity index (χ4n) is 4.09. The normalized spacial score (nSPS) is 22.7. The molecule has 2 fully saturated rings. The maximum atomic E-state index is 13.0. The highest BCUT2D eigenvalue weighted by Gasteiger charge is 2.37. The van der Waals surface area contributed by atoms with Crippen LogP contribution in [0.2, 0.25) is 0 Å². The lowest BCUT2D eigenvalue weighted by Gasteiger charge is -2.24. The summed E-state index contributed by atoms with van der Waals surface area (Å²) in [7, 11) is -3.36. The average molecular weight is 468 g/mol. The van der Waals surface area contributed by atoms with E-state index in [4.69, 9.17) is 0 Å². The number of hydrogen-bond acceptors (Lipinski definition) is 4. The molecule has 0 radical (unpaired) electrons. The second kappa shape index (κ2) is 8.51. The number of pyridine rings is 1. The van der Waals surface area contributed by atoms with E-state index in [1.807, 2.05) is 6.08 Å². The zero-order valence-electron chi connectivity index (χ0n) is 17.2. The number of benzene rings is 1. The van der Waals surface area contributed by atoms with Crippen LogP contribution in [0.3, 0.4) is 0 Å². The Balaban J connectivity index is 1.73. The molecule has 0 atom stereocenters. The molecule has 1 aromatic heterocycles. The minimum atomic E-state index is -4.76. The van der Waals surface area contributed by atoms with Crippen molar-refractivity contribution in [2.24, 2.45) is 5.92 Å². The van der Waals surface area contributed by atoms with Crippen molar-refractivity contribution in [1.29, 1.82) is 0 Å². The SMILES string of the molecule is O=c1[nH]c(/C(=C\C2CCC(O)CC2)c2ccc(S(=O)(=O)C3CC3)cc2)ccc1C(F)(F)F. The van der Waals surface area contributed by atoms with Gasteiger partial charge in [-0.05, 0) is 74.3 Å². The lowest BCUT2D eigenvalue weighted by Crippen LogP contribution is -2.22. The van der Waals surface area contributed by atoms with Crippen molar-refractivity contribution in [3.63, 3.8) is 0 Å². The van der Waals surface area contributed by atoms with Gasteiger partial charge >= 0.3 is 6.18 Å². The number of aliphatic hydroxyl groups is 1. The van der Waals surface area contributed by atoms with Gasteiger partial charge in [-0.1, -0.05) is 18.2 Å². The van der Waals surface area contributed by atoms with Crippen molar-refractivity contribution in [2.75, 3.05) is 0 Å². The van der Waals surface area contributed by atoms with Gasteiger partial charge in [0.15, 0.2) is 9.84 Å². The molecule has 2 N–H and O–H groups in total. The van der Waals surface area contributed by atoms with Gasteiger partial charge in [0, 0.05) is 11.3 Å². The molecule has 1 aromatic carbocycles. The zero-order valence-corrected chi connectivity index (χ0v) is 18.0. The molecule has 0 spiro atoms. The molecular formula is C23H24F3NO4S. The van der Waals surface area contributed by atoms with Crippen LogP contribution in [0.15, 0.2) is 52.2 Å². The first-order valence-corrected chi connectivity index (χ1v) is 12.2. The summed E-state index contributed by atoms with van der Waals surface area (Å²) in [6.07, 6.45) is 0.746. The van der Waals surface area contributed by atoms with Crippen LogP contribution in [-0.2, 0) is 16.0 Å². The predicted octanol–water partition coefficient (Wildman–Crippen LogP) is 4.31. The van der Waals surface area contributed by atoms with Crippen molar-refractivity contribution in [1.82, 2.24) is 4.98 Å². The number of halogens is 3. The van der Waals surface area contributed by atoms with E-state index in [2.05, 4.69) is 4.98 Å². The van der Waals surface area contributed by atoms with Crippen LogP contribution < -0.4 is 5.56 Å². The van der Waals surface area contributed by atoms with E-state index in [1.54, 1.807) is 12.1 Å². The van der Waals surface area contributed by atoms with Gasteiger partial charge in [-0.2, -0.15) is 13.2 Å². The highest BCUT2D eigenvalue weighted by molar-refractivity contribution is 7.92. The summed E-state index contributed by atoms with van der Waals surface area (Å²) >= 11 is 0. The largest absolute Gasteiger partial charge is 0.421 e. The number of sulfone groups is 1. The molecule has 0 unspecified atom stereocenters. The first-order valence-electron chi connectivity index (χ1n) is 10.6. The van der Waals surface area contributed by atoms with Gasteiger partial charge in [0.25, 0.3) is 5.56 Å². The molecule has 2 aromatic rings. The van der Waals surface area contributed by atoms with Crippen LogP contribution in [0.5, 0.6) is 0 Å². The minimum Gasteiger partial charge on any atom is -0.393 e. The first kappa shape index (κ1) is 22.8. The van der Waals surface area contributed by atoms with Gasteiger partial charge in [0.1, 0.15) is 5.56 Å². The second-order valence-electron chi connectivity index (χ2n) is 8.53. The standard InChI is InChI=1S/C23H24F3NO4S/c24-23(25,26)20-11-12-21(27-22(20)29)19(13-14-1-5-16(28)6-2-14)15-3-7-17(8-4-15)32(30,31)18-9-10-18/h3-4,7-8,11-14,16,18,28H,1-2,5-6,9-10H2,(H,27,29)/b19-13-. The molecule has 32 heavy (non-hydrogen) atoms. The van der Waals surface area contributed by atoms with Crippen LogP contribution in [0, 0.1) is 5.92 Å². The Morgan fingerprint density at radius 2 is 1.59 bits per heavy atom. The van der Waals surface area contributed by atoms with Crippen LogP contribution >= 0.6 is 0 Å². The molecule has 1 heterocycles. The van der Waals surface area contributed by atoms with Gasteiger partial charge < -0.3 is 10.1 Å². The number of aromatic nitrogens is 1. The Morgan fingerprint density at radius 1 is 0.969 bits per heavy atom. The summed E-state index contributed by atoms with van der Waals surface area (Å²) in [5.41, 5.74) is -1.14. The number of allylic oxidation sites excluding steroid dienone is 1. The Bertz CT molecular complexity index is 1170.